The monoisotopic (exact) mass is 309 g/mol. The van der Waals surface area contributed by atoms with Gasteiger partial charge in [0.2, 0.25) is 0 Å². The summed E-state index contributed by atoms with van der Waals surface area (Å²) in [6.07, 6.45) is 3.40. The Bertz CT molecular complexity index is 578. The molecule has 106 valence electrons. The minimum Gasteiger partial charge on any atom is -0.548 e. The van der Waals surface area contributed by atoms with Crippen LogP contribution in [0.25, 0.3) is 6.08 Å². The number of nitrogens with one attached hydrogen (secondary N) is 1. The largest absolute Gasteiger partial charge is 0.548 e. The number of nitrogens with zero attached hydrogens (tertiary/aromatic N) is 1. The van der Waals surface area contributed by atoms with E-state index in [1.165, 1.54) is 0 Å². The summed E-state index contributed by atoms with van der Waals surface area (Å²) in [5.41, 5.74) is 0.764. The summed E-state index contributed by atoms with van der Waals surface area (Å²) in [5, 5.41) is 11.2. The van der Waals surface area contributed by atoms with Crippen molar-refractivity contribution in [3.05, 3.63) is 28.9 Å². The SMILES string of the molecule is CC(C)[C@H](C(=O)[O-])N1C(=O)/C(=C/c2ccc[nH]2)SC1=S. The molecular formula is C13H13N2O3S2-. The van der Waals surface area contributed by atoms with Gasteiger partial charge in [-0.05, 0) is 24.1 Å². The number of carbonyl (C=O) groups is 2. The highest BCUT2D eigenvalue weighted by Gasteiger charge is 2.39. The zero-order valence-electron chi connectivity index (χ0n) is 11.0. The number of amides is 1. The zero-order valence-corrected chi connectivity index (χ0v) is 12.6. The number of aromatic nitrogens is 1. The summed E-state index contributed by atoms with van der Waals surface area (Å²) in [4.78, 5) is 28.1. The molecule has 20 heavy (non-hydrogen) atoms. The Balaban J connectivity index is 2.31. The Morgan fingerprint density at radius 2 is 2.25 bits per heavy atom. The van der Waals surface area contributed by atoms with Gasteiger partial charge in [-0.25, -0.2) is 0 Å². The first-order valence-corrected chi connectivity index (χ1v) is 7.25. The Labute approximate surface area is 126 Å². The molecule has 0 spiro atoms. The number of hydrogen-bond donors (Lipinski definition) is 1. The van der Waals surface area contributed by atoms with Gasteiger partial charge in [-0.15, -0.1) is 0 Å². The number of thioether (sulfide) groups is 1. The van der Waals surface area contributed by atoms with Crippen LogP contribution in [-0.2, 0) is 9.59 Å². The lowest BCUT2D eigenvalue weighted by Crippen LogP contribution is -2.52. The molecule has 1 aliphatic rings. The maximum absolute atomic E-state index is 12.3. The van der Waals surface area contributed by atoms with Crippen molar-refractivity contribution in [1.29, 1.82) is 0 Å². The highest BCUT2D eigenvalue weighted by atomic mass is 32.2. The summed E-state index contributed by atoms with van der Waals surface area (Å²) in [5.74, 6) is -1.97. The molecule has 0 radical (unpaired) electrons. The van der Waals surface area contributed by atoms with E-state index >= 15 is 0 Å². The lowest BCUT2D eigenvalue weighted by Gasteiger charge is -2.30. The van der Waals surface area contributed by atoms with Gasteiger partial charge in [0.15, 0.2) is 0 Å². The van der Waals surface area contributed by atoms with Crippen molar-refractivity contribution in [3.8, 4) is 0 Å². The van der Waals surface area contributed by atoms with Crippen LogP contribution in [0.4, 0.5) is 0 Å². The van der Waals surface area contributed by atoms with Gasteiger partial charge >= 0.3 is 0 Å². The van der Waals surface area contributed by atoms with Gasteiger partial charge in [-0.2, -0.15) is 0 Å². The second kappa shape index (κ2) is 5.80. The average Bonchev–Trinajstić information content (AvgIpc) is 2.93. The molecule has 1 aliphatic heterocycles. The fraction of sp³-hybridized carbons (Fsp3) is 0.308. The minimum atomic E-state index is -1.29. The first-order chi connectivity index (χ1) is 9.41. The summed E-state index contributed by atoms with van der Waals surface area (Å²) in [6, 6.07) is 2.58. The van der Waals surface area contributed by atoms with E-state index in [-0.39, 0.29) is 10.2 Å². The number of carboxylic acids is 1. The minimum absolute atomic E-state index is 0.246. The summed E-state index contributed by atoms with van der Waals surface area (Å²) in [6.45, 7) is 3.43. The molecule has 1 atom stereocenters. The molecule has 1 N–H and O–H groups in total. The maximum atomic E-state index is 12.3. The normalized spacial score (nSPS) is 19.1. The lowest BCUT2D eigenvalue weighted by molar-refractivity contribution is -0.311. The number of carbonyl (C=O) groups excluding carboxylic acids is 2. The van der Waals surface area contributed by atoms with Crippen molar-refractivity contribution >= 4 is 46.3 Å². The van der Waals surface area contributed by atoms with Crippen LogP contribution >= 0.6 is 24.0 Å². The molecule has 2 heterocycles. The van der Waals surface area contributed by atoms with E-state index in [1.54, 1.807) is 26.1 Å². The maximum Gasteiger partial charge on any atom is 0.266 e. The molecule has 1 aromatic heterocycles. The molecule has 0 unspecified atom stereocenters. The van der Waals surface area contributed by atoms with Gasteiger partial charge in [0.1, 0.15) is 4.32 Å². The Hall–Kier alpha value is -1.60. The van der Waals surface area contributed by atoms with Crippen LogP contribution in [0.1, 0.15) is 19.5 Å². The molecule has 2 rings (SSSR count). The fourth-order valence-corrected chi connectivity index (χ4v) is 3.29. The van der Waals surface area contributed by atoms with E-state index in [0.717, 1.165) is 22.4 Å². The van der Waals surface area contributed by atoms with E-state index in [0.29, 0.717) is 4.91 Å². The number of thiocarbonyl (C=S) groups is 1. The summed E-state index contributed by atoms with van der Waals surface area (Å²) < 4.78 is 0.246. The number of hydrogen-bond acceptors (Lipinski definition) is 5. The van der Waals surface area contributed by atoms with Crippen molar-refractivity contribution in [1.82, 2.24) is 9.88 Å². The smallest absolute Gasteiger partial charge is 0.266 e. The molecule has 0 bridgehead atoms. The predicted molar refractivity (Wildman–Crippen MR) is 79.4 cm³/mol. The Kier molecular flexibility index (Phi) is 4.29. The second-order valence-corrected chi connectivity index (χ2v) is 6.36. The van der Waals surface area contributed by atoms with Crippen LogP contribution in [0.15, 0.2) is 23.2 Å². The zero-order chi connectivity index (χ0) is 14.9. The number of H-pyrrole nitrogens is 1. The van der Waals surface area contributed by atoms with Crippen LogP contribution in [0.3, 0.4) is 0 Å². The van der Waals surface area contributed by atoms with Crippen molar-refractivity contribution in [2.45, 2.75) is 19.9 Å². The Morgan fingerprint density at radius 3 is 2.75 bits per heavy atom. The van der Waals surface area contributed by atoms with Crippen LogP contribution in [-0.4, -0.2) is 32.1 Å². The quantitative estimate of drug-likeness (QED) is 0.663. The molecule has 1 amide bonds. The topological polar surface area (TPSA) is 76.2 Å². The lowest BCUT2D eigenvalue weighted by atomic mass is 10.0. The first-order valence-electron chi connectivity index (χ1n) is 6.03. The van der Waals surface area contributed by atoms with E-state index in [4.69, 9.17) is 12.2 Å². The van der Waals surface area contributed by atoms with E-state index in [9.17, 15) is 14.7 Å². The molecule has 1 aromatic rings. The first kappa shape index (κ1) is 14.8. The van der Waals surface area contributed by atoms with E-state index < -0.39 is 17.9 Å². The molecule has 0 saturated carbocycles. The van der Waals surface area contributed by atoms with Crippen LogP contribution in [0, 0.1) is 5.92 Å². The van der Waals surface area contributed by atoms with Crippen LogP contribution in [0.5, 0.6) is 0 Å². The third-order valence-electron chi connectivity index (χ3n) is 2.88. The van der Waals surface area contributed by atoms with Gasteiger partial charge in [-0.3, -0.25) is 9.69 Å². The summed E-state index contributed by atoms with van der Waals surface area (Å²) in [7, 11) is 0. The standard InChI is InChI=1S/C13H14N2O3S2/c1-7(2)10(12(17)18)15-11(16)9(20-13(15)19)6-8-4-3-5-14-8/h3-7,10,14H,1-2H3,(H,17,18)/p-1/b9-6-/t10-/m1/s1. The number of aliphatic carboxylic acids is 1. The van der Waals surface area contributed by atoms with Crippen molar-refractivity contribution < 1.29 is 14.7 Å². The Morgan fingerprint density at radius 1 is 1.55 bits per heavy atom. The predicted octanol–water partition coefficient (Wildman–Crippen LogP) is 0.990. The van der Waals surface area contributed by atoms with Crippen molar-refractivity contribution in [2.24, 2.45) is 5.92 Å². The van der Waals surface area contributed by atoms with E-state index in [1.807, 2.05) is 12.1 Å². The van der Waals surface area contributed by atoms with E-state index in [2.05, 4.69) is 4.98 Å². The third kappa shape index (κ3) is 2.78. The molecule has 1 saturated heterocycles. The van der Waals surface area contributed by atoms with Crippen LogP contribution in [0.2, 0.25) is 0 Å². The highest BCUT2D eigenvalue weighted by Crippen LogP contribution is 2.35. The number of carboxylic acid groups (broad SMARTS) is 1. The van der Waals surface area contributed by atoms with Crippen molar-refractivity contribution in [3.63, 3.8) is 0 Å². The number of rotatable bonds is 4. The van der Waals surface area contributed by atoms with Gasteiger partial charge in [-0.1, -0.05) is 37.8 Å². The van der Waals surface area contributed by atoms with Crippen LogP contribution < -0.4 is 5.11 Å². The van der Waals surface area contributed by atoms with Gasteiger partial charge < -0.3 is 14.9 Å². The average molecular weight is 309 g/mol. The molecule has 0 aliphatic carbocycles. The fourth-order valence-electron chi connectivity index (χ4n) is 1.97. The van der Waals surface area contributed by atoms with Gasteiger partial charge in [0.05, 0.1) is 16.9 Å². The molecule has 1 fully saturated rings. The highest BCUT2D eigenvalue weighted by molar-refractivity contribution is 8.26. The van der Waals surface area contributed by atoms with Gasteiger partial charge in [0.25, 0.3) is 5.91 Å². The van der Waals surface area contributed by atoms with Crippen molar-refractivity contribution in [2.75, 3.05) is 0 Å². The molecule has 5 nitrogen and oxygen atoms in total. The summed E-state index contributed by atoms with van der Waals surface area (Å²) >= 11 is 6.23. The number of aromatic amines is 1. The molecular weight excluding hydrogens is 296 g/mol. The molecule has 0 aromatic carbocycles. The third-order valence-corrected chi connectivity index (χ3v) is 4.21. The van der Waals surface area contributed by atoms with Gasteiger partial charge in [0, 0.05) is 11.9 Å². The second-order valence-electron chi connectivity index (χ2n) is 4.69. The molecule has 7 heteroatoms.